The molecule has 0 aromatic heterocycles. The molecule has 2 rings (SSSR count). The van der Waals surface area contributed by atoms with Crippen LogP contribution in [0.1, 0.15) is 59.3 Å². The first kappa shape index (κ1) is 14.3. The van der Waals surface area contributed by atoms with E-state index in [1.165, 1.54) is 32.1 Å². The minimum absolute atomic E-state index is 0.130. The molecule has 0 amide bonds. The van der Waals surface area contributed by atoms with Gasteiger partial charge in [-0.25, -0.2) is 0 Å². The van der Waals surface area contributed by atoms with Crippen molar-refractivity contribution in [2.24, 2.45) is 11.8 Å². The van der Waals surface area contributed by atoms with E-state index in [0.29, 0.717) is 11.8 Å². The van der Waals surface area contributed by atoms with Gasteiger partial charge in [-0.1, -0.05) is 26.2 Å². The lowest BCUT2D eigenvalue weighted by Gasteiger charge is -2.41. The second-order valence-electron chi connectivity index (χ2n) is 6.55. The highest BCUT2D eigenvalue weighted by Gasteiger charge is 2.36. The van der Waals surface area contributed by atoms with Crippen LogP contribution in [0, 0.1) is 11.8 Å². The molecule has 3 nitrogen and oxygen atoms in total. The predicted molar refractivity (Wildman–Crippen MR) is 71.3 cm³/mol. The molecule has 1 aliphatic carbocycles. The van der Waals surface area contributed by atoms with E-state index in [1.54, 1.807) is 0 Å². The molecule has 1 N–H and O–H groups in total. The summed E-state index contributed by atoms with van der Waals surface area (Å²) in [7, 11) is 0. The van der Waals surface area contributed by atoms with Crippen LogP contribution in [0.4, 0.5) is 0 Å². The minimum Gasteiger partial charge on any atom is -0.393 e. The van der Waals surface area contributed by atoms with Crippen molar-refractivity contribution in [2.75, 3.05) is 6.61 Å². The Morgan fingerprint density at radius 2 is 1.89 bits per heavy atom. The molecule has 0 spiro atoms. The summed E-state index contributed by atoms with van der Waals surface area (Å²) in [5, 5.41) is 10.4. The molecule has 2 aliphatic rings. The highest BCUT2D eigenvalue weighted by atomic mass is 16.7. The van der Waals surface area contributed by atoms with Crippen LogP contribution in [0.25, 0.3) is 0 Å². The smallest absolute Gasteiger partial charge is 0.163 e. The van der Waals surface area contributed by atoms with Crippen molar-refractivity contribution in [3.63, 3.8) is 0 Å². The molecular weight excluding hydrogens is 228 g/mol. The van der Waals surface area contributed by atoms with Crippen molar-refractivity contribution in [3.05, 3.63) is 0 Å². The third-order valence-corrected chi connectivity index (χ3v) is 4.43. The highest BCUT2D eigenvalue weighted by molar-refractivity contribution is 4.81. The van der Waals surface area contributed by atoms with Gasteiger partial charge in [0.1, 0.15) is 0 Å². The van der Waals surface area contributed by atoms with Crippen LogP contribution >= 0.6 is 0 Å². The van der Waals surface area contributed by atoms with Crippen molar-refractivity contribution < 1.29 is 14.6 Å². The first-order valence-corrected chi connectivity index (χ1v) is 7.48. The Labute approximate surface area is 111 Å². The summed E-state index contributed by atoms with van der Waals surface area (Å²) in [6.07, 6.45) is 6.94. The van der Waals surface area contributed by atoms with Crippen molar-refractivity contribution in [1.29, 1.82) is 0 Å². The Kier molecular flexibility index (Phi) is 4.68. The Bertz CT molecular complexity index is 258. The molecule has 1 aliphatic heterocycles. The summed E-state index contributed by atoms with van der Waals surface area (Å²) in [4.78, 5) is 0. The van der Waals surface area contributed by atoms with Crippen molar-refractivity contribution in [3.8, 4) is 0 Å². The lowest BCUT2D eigenvalue weighted by Crippen LogP contribution is -2.46. The van der Waals surface area contributed by atoms with E-state index in [1.807, 2.05) is 13.8 Å². The van der Waals surface area contributed by atoms with E-state index < -0.39 is 5.79 Å². The van der Waals surface area contributed by atoms with Gasteiger partial charge in [-0.2, -0.15) is 0 Å². The average molecular weight is 256 g/mol. The van der Waals surface area contributed by atoms with Gasteiger partial charge in [-0.3, -0.25) is 0 Å². The Balaban J connectivity index is 1.86. The third-order valence-electron chi connectivity index (χ3n) is 4.43. The average Bonchev–Trinajstić information content (AvgIpc) is 2.35. The van der Waals surface area contributed by atoms with E-state index in [9.17, 15) is 5.11 Å². The molecule has 0 bridgehead atoms. The maximum Gasteiger partial charge on any atom is 0.163 e. The summed E-state index contributed by atoms with van der Waals surface area (Å²) < 4.78 is 11.6. The molecule has 0 aromatic rings. The van der Waals surface area contributed by atoms with Gasteiger partial charge in [0.15, 0.2) is 5.79 Å². The molecule has 1 saturated heterocycles. The van der Waals surface area contributed by atoms with E-state index in [-0.39, 0.29) is 12.2 Å². The molecule has 3 heteroatoms. The summed E-state index contributed by atoms with van der Waals surface area (Å²) >= 11 is 0. The van der Waals surface area contributed by atoms with E-state index in [0.717, 1.165) is 13.0 Å². The largest absolute Gasteiger partial charge is 0.393 e. The predicted octanol–water partition coefficient (Wildman–Crippen LogP) is 3.11. The van der Waals surface area contributed by atoms with Crippen LogP contribution in [0.15, 0.2) is 0 Å². The summed E-state index contributed by atoms with van der Waals surface area (Å²) in [6.45, 7) is 6.79. The normalized spacial score (nSPS) is 35.3. The number of ether oxygens (including phenoxy) is 2. The zero-order chi connectivity index (χ0) is 13.2. The molecule has 0 unspecified atom stereocenters. The summed E-state index contributed by atoms with van der Waals surface area (Å²) in [6, 6.07) is 0. The minimum atomic E-state index is -0.497. The van der Waals surface area contributed by atoms with Gasteiger partial charge in [-0.05, 0) is 32.6 Å². The van der Waals surface area contributed by atoms with Gasteiger partial charge in [-0.15, -0.1) is 0 Å². The highest BCUT2D eigenvalue weighted by Crippen LogP contribution is 2.33. The molecule has 3 atom stereocenters. The molecule has 1 heterocycles. The van der Waals surface area contributed by atoms with Gasteiger partial charge in [0, 0.05) is 12.3 Å². The van der Waals surface area contributed by atoms with Crippen molar-refractivity contribution >= 4 is 0 Å². The number of rotatable bonds is 3. The van der Waals surface area contributed by atoms with Gasteiger partial charge in [0.2, 0.25) is 0 Å². The Morgan fingerprint density at radius 1 is 1.22 bits per heavy atom. The monoisotopic (exact) mass is 256 g/mol. The van der Waals surface area contributed by atoms with Crippen molar-refractivity contribution in [1.82, 2.24) is 0 Å². The first-order chi connectivity index (χ1) is 8.48. The van der Waals surface area contributed by atoms with Gasteiger partial charge >= 0.3 is 0 Å². The lowest BCUT2D eigenvalue weighted by atomic mass is 9.82. The SMILES string of the molecule is C[C@H]1COC(C)(C)O[C@@H]1C[C@H](O)C1CCCCC1. The zero-order valence-electron chi connectivity index (χ0n) is 12.0. The maximum absolute atomic E-state index is 10.4. The van der Waals surface area contributed by atoms with Crippen LogP contribution in [0.2, 0.25) is 0 Å². The molecule has 0 aromatic carbocycles. The summed E-state index contributed by atoms with van der Waals surface area (Å²) in [5.41, 5.74) is 0. The standard InChI is InChI=1S/C15H28O3/c1-11-10-17-15(2,3)18-14(11)9-13(16)12-7-5-4-6-8-12/h11-14,16H,4-10H2,1-3H3/t11-,13-,14+/m0/s1. The number of aliphatic hydroxyl groups excluding tert-OH is 1. The van der Waals surface area contributed by atoms with E-state index in [4.69, 9.17) is 9.47 Å². The number of hydrogen-bond donors (Lipinski definition) is 1. The van der Waals surface area contributed by atoms with Gasteiger partial charge in [0.25, 0.3) is 0 Å². The van der Waals surface area contributed by atoms with Gasteiger partial charge < -0.3 is 14.6 Å². The maximum atomic E-state index is 10.4. The summed E-state index contributed by atoms with van der Waals surface area (Å²) in [5.74, 6) is 0.362. The fourth-order valence-electron chi connectivity index (χ4n) is 3.18. The van der Waals surface area contributed by atoms with Crippen LogP contribution in [-0.2, 0) is 9.47 Å². The second kappa shape index (κ2) is 5.89. The van der Waals surface area contributed by atoms with Crippen LogP contribution in [-0.4, -0.2) is 29.7 Å². The lowest BCUT2D eigenvalue weighted by molar-refractivity contribution is -0.295. The number of aliphatic hydroxyl groups is 1. The van der Waals surface area contributed by atoms with E-state index >= 15 is 0 Å². The van der Waals surface area contributed by atoms with E-state index in [2.05, 4.69) is 6.92 Å². The fourth-order valence-corrected chi connectivity index (χ4v) is 3.18. The third kappa shape index (κ3) is 3.69. The molecular formula is C15H28O3. The van der Waals surface area contributed by atoms with Crippen LogP contribution < -0.4 is 0 Å². The molecule has 106 valence electrons. The van der Waals surface area contributed by atoms with Gasteiger partial charge in [0.05, 0.1) is 18.8 Å². The number of hydrogen-bond acceptors (Lipinski definition) is 3. The van der Waals surface area contributed by atoms with Crippen molar-refractivity contribution in [2.45, 2.75) is 77.3 Å². The first-order valence-electron chi connectivity index (χ1n) is 7.48. The quantitative estimate of drug-likeness (QED) is 0.843. The Morgan fingerprint density at radius 3 is 2.56 bits per heavy atom. The molecule has 2 fully saturated rings. The second-order valence-corrected chi connectivity index (χ2v) is 6.55. The molecule has 0 radical (unpaired) electrons. The molecule has 18 heavy (non-hydrogen) atoms. The fraction of sp³-hybridized carbons (Fsp3) is 1.00. The van der Waals surface area contributed by atoms with Crippen LogP contribution in [0.3, 0.4) is 0 Å². The Hall–Kier alpha value is -0.120. The molecule has 1 saturated carbocycles. The zero-order valence-corrected chi connectivity index (χ0v) is 12.0. The van der Waals surface area contributed by atoms with Crippen LogP contribution in [0.5, 0.6) is 0 Å². The topological polar surface area (TPSA) is 38.7 Å².